The number of ether oxygens (including phenoxy) is 1. The summed E-state index contributed by atoms with van der Waals surface area (Å²) in [6, 6.07) is 10.1. The Morgan fingerprint density at radius 2 is 1.79 bits per heavy atom. The summed E-state index contributed by atoms with van der Waals surface area (Å²) in [7, 11) is 0. The van der Waals surface area contributed by atoms with E-state index >= 15 is 0 Å². The largest absolute Gasteiger partial charge is 0.417 e. The van der Waals surface area contributed by atoms with Crippen molar-refractivity contribution in [3.63, 3.8) is 0 Å². The summed E-state index contributed by atoms with van der Waals surface area (Å²) in [5.41, 5.74) is 0.244. The summed E-state index contributed by atoms with van der Waals surface area (Å²) in [4.78, 5) is 26.8. The molecule has 178 valence electrons. The first-order valence-corrected chi connectivity index (χ1v) is 11.6. The van der Waals surface area contributed by atoms with Crippen LogP contribution in [0.25, 0.3) is 0 Å². The Labute approximate surface area is 206 Å². The van der Waals surface area contributed by atoms with Crippen molar-refractivity contribution in [2.24, 2.45) is 0 Å². The number of nitrogens with one attached hydrogen (secondary N) is 2. The second-order valence-electron chi connectivity index (χ2n) is 7.44. The van der Waals surface area contributed by atoms with Crippen molar-refractivity contribution in [1.29, 1.82) is 0 Å². The lowest BCUT2D eigenvalue weighted by atomic mass is 10.1. The Morgan fingerprint density at radius 1 is 1.06 bits per heavy atom. The van der Waals surface area contributed by atoms with Crippen molar-refractivity contribution in [3.05, 3.63) is 85.2 Å². The van der Waals surface area contributed by atoms with Gasteiger partial charge in [0.2, 0.25) is 0 Å². The van der Waals surface area contributed by atoms with Gasteiger partial charge < -0.3 is 15.4 Å². The number of hydrogen-bond acceptors (Lipinski definition) is 4. The van der Waals surface area contributed by atoms with Crippen LogP contribution in [0.5, 0.6) is 0 Å². The van der Waals surface area contributed by atoms with Crippen LogP contribution in [0.3, 0.4) is 0 Å². The molecule has 2 N–H and O–H groups in total. The molecule has 1 aromatic heterocycles. The number of halogens is 5. The third kappa shape index (κ3) is 5.22. The number of rotatable bonds is 5. The third-order valence-electron chi connectivity index (χ3n) is 5.18. The van der Waals surface area contributed by atoms with Crippen molar-refractivity contribution in [2.45, 2.75) is 25.7 Å². The van der Waals surface area contributed by atoms with Gasteiger partial charge in [-0.3, -0.25) is 9.59 Å². The molecule has 34 heavy (non-hydrogen) atoms. The molecule has 4 rings (SSSR count). The van der Waals surface area contributed by atoms with Gasteiger partial charge in [0.15, 0.2) is 0 Å². The molecule has 2 amide bonds. The molecule has 0 saturated carbocycles. The molecule has 0 radical (unpaired) electrons. The third-order valence-corrected chi connectivity index (χ3v) is 7.05. The number of anilines is 1. The van der Waals surface area contributed by atoms with Crippen molar-refractivity contribution >= 4 is 51.4 Å². The molecule has 2 heterocycles. The predicted molar refractivity (Wildman–Crippen MR) is 125 cm³/mol. The van der Waals surface area contributed by atoms with Crippen LogP contribution in [0.2, 0.25) is 10.0 Å². The van der Waals surface area contributed by atoms with Crippen LogP contribution in [0.4, 0.5) is 18.2 Å². The number of thiophene rings is 1. The van der Waals surface area contributed by atoms with Crippen LogP contribution < -0.4 is 10.6 Å². The van der Waals surface area contributed by atoms with Crippen LogP contribution in [0, 0.1) is 0 Å². The van der Waals surface area contributed by atoms with Crippen LogP contribution in [-0.4, -0.2) is 18.4 Å². The zero-order valence-electron chi connectivity index (χ0n) is 17.4. The zero-order valence-corrected chi connectivity index (χ0v) is 19.7. The van der Waals surface area contributed by atoms with E-state index in [1.54, 1.807) is 24.3 Å². The van der Waals surface area contributed by atoms with E-state index in [0.717, 1.165) is 22.6 Å². The molecule has 0 atom stereocenters. The lowest BCUT2D eigenvalue weighted by Gasteiger charge is -2.14. The average Bonchev–Trinajstić information content (AvgIpc) is 3.15. The molecule has 1 aliphatic heterocycles. The fraction of sp³-hybridized carbons (Fsp3) is 0.217. The molecule has 0 aliphatic carbocycles. The molecule has 0 bridgehead atoms. The number of carbonyl (C=O) groups excluding carboxylic acids is 2. The summed E-state index contributed by atoms with van der Waals surface area (Å²) in [6.45, 7) is 0.871. The van der Waals surface area contributed by atoms with Crippen LogP contribution in [0.1, 0.15) is 42.3 Å². The van der Waals surface area contributed by atoms with E-state index in [0.29, 0.717) is 23.6 Å². The number of alkyl halides is 3. The number of benzene rings is 2. The Hall–Kier alpha value is -2.59. The van der Waals surface area contributed by atoms with Gasteiger partial charge in [-0.2, -0.15) is 13.2 Å². The van der Waals surface area contributed by atoms with E-state index in [-0.39, 0.29) is 29.3 Å². The Morgan fingerprint density at radius 3 is 2.50 bits per heavy atom. The number of hydrogen-bond donors (Lipinski definition) is 2. The minimum Gasteiger partial charge on any atom is -0.376 e. The smallest absolute Gasteiger partial charge is 0.376 e. The summed E-state index contributed by atoms with van der Waals surface area (Å²) in [5, 5.41) is 5.48. The van der Waals surface area contributed by atoms with Crippen molar-refractivity contribution < 1.29 is 27.5 Å². The molecular weight excluding hydrogens is 512 g/mol. The van der Waals surface area contributed by atoms with Gasteiger partial charge in [0, 0.05) is 28.4 Å². The monoisotopic (exact) mass is 528 g/mol. The highest BCUT2D eigenvalue weighted by atomic mass is 35.5. The summed E-state index contributed by atoms with van der Waals surface area (Å²) >= 11 is 13.0. The van der Waals surface area contributed by atoms with Gasteiger partial charge in [-0.05, 0) is 29.8 Å². The van der Waals surface area contributed by atoms with Gasteiger partial charge in [0.25, 0.3) is 11.8 Å². The first kappa shape index (κ1) is 24.5. The number of amides is 2. The molecule has 0 fully saturated rings. The fourth-order valence-electron chi connectivity index (χ4n) is 3.50. The molecule has 0 spiro atoms. The second-order valence-corrected chi connectivity index (χ2v) is 9.36. The van der Waals surface area contributed by atoms with E-state index in [4.69, 9.17) is 27.9 Å². The maximum absolute atomic E-state index is 13.2. The molecule has 5 nitrogen and oxygen atoms in total. The van der Waals surface area contributed by atoms with E-state index < -0.39 is 28.6 Å². The lowest BCUT2D eigenvalue weighted by molar-refractivity contribution is -0.137. The highest BCUT2D eigenvalue weighted by molar-refractivity contribution is 7.17. The van der Waals surface area contributed by atoms with Gasteiger partial charge >= 0.3 is 6.18 Å². The number of fused-ring (bicyclic) bond motifs is 1. The molecule has 0 unspecified atom stereocenters. The van der Waals surface area contributed by atoms with E-state index in [1.165, 1.54) is 17.4 Å². The second kappa shape index (κ2) is 9.95. The van der Waals surface area contributed by atoms with Crippen molar-refractivity contribution in [3.8, 4) is 0 Å². The predicted octanol–water partition coefficient (Wildman–Crippen LogP) is 6.33. The van der Waals surface area contributed by atoms with Gasteiger partial charge in [-0.25, -0.2) is 0 Å². The molecule has 2 aromatic carbocycles. The molecular formula is C23H17Cl2F3N2O3S. The van der Waals surface area contributed by atoms with Crippen LogP contribution >= 0.6 is 34.5 Å². The minimum absolute atomic E-state index is 0.190. The SMILES string of the molecule is O=C(Nc1sc2c(c1C(=O)NCc1ccc(Cl)cc1)COCC2)c1cccc(C(F)(F)F)c1Cl. The molecule has 1 aliphatic rings. The topological polar surface area (TPSA) is 67.4 Å². The standard InChI is InChI=1S/C23H17Cl2F3N2O3S/c24-13-6-4-12(5-7-13)10-29-21(32)18-15-11-33-9-8-17(15)34-22(18)30-20(31)14-2-1-3-16(19(14)25)23(26,27)28/h1-7H,8-11H2,(H,29,32)(H,30,31). The quantitative estimate of drug-likeness (QED) is 0.406. The normalized spacial score (nSPS) is 13.3. The lowest BCUT2D eigenvalue weighted by Crippen LogP contribution is -2.26. The van der Waals surface area contributed by atoms with E-state index in [1.807, 2.05) is 0 Å². The number of carbonyl (C=O) groups is 2. The van der Waals surface area contributed by atoms with Crippen molar-refractivity contribution in [1.82, 2.24) is 5.32 Å². The van der Waals surface area contributed by atoms with E-state index in [9.17, 15) is 22.8 Å². The van der Waals surface area contributed by atoms with Crippen LogP contribution in [-0.2, 0) is 30.5 Å². The first-order valence-electron chi connectivity index (χ1n) is 10.1. The van der Waals surface area contributed by atoms with Gasteiger partial charge in [-0.1, -0.05) is 41.4 Å². The maximum Gasteiger partial charge on any atom is 0.417 e. The van der Waals surface area contributed by atoms with Gasteiger partial charge in [0.1, 0.15) is 5.00 Å². The molecule has 0 saturated heterocycles. The maximum atomic E-state index is 13.2. The summed E-state index contributed by atoms with van der Waals surface area (Å²) < 4.78 is 45.1. The van der Waals surface area contributed by atoms with E-state index in [2.05, 4.69) is 10.6 Å². The average molecular weight is 529 g/mol. The zero-order chi connectivity index (χ0) is 24.5. The highest BCUT2D eigenvalue weighted by Crippen LogP contribution is 2.39. The minimum atomic E-state index is -4.71. The van der Waals surface area contributed by atoms with Crippen molar-refractivity contribution in [2.75, 3.05) is 11.9 Å². The highest BCUT2D eigenvalue weighted by Gasteiger charge is 2.35. The molecule has 3 aromatic rings. The van der Waals surface area contributed by atoms with Gasteiger partial charge in [0.05, 0.1) is 34.9 Å². The van der Waals surface area contributed by atoms with Crippen LogP contribution in [0.15, 0.2) is 42.5 Å². The summed E-state index contributed by atoms with van der Waals surface area (Å²) in [6.07, 6.45) is -4.16. The first-order chi connectivity index (χ1) is 16.1. The summed E-state index contributed by atoms with van der Waals surface area (Å²) in [5.74, 6) is -1.29. The fourth-order valence-corrected chi connectivity index (χ4v) is 5.13. The van der Waals surface area contributed by atoms with Gasteiger partial charge in [-0.15, -0.1) is 11.3 Å². The Kier molecular flexibility index (Phi) is 7.18. The Balaban J connectivity index is 1.61. The molecule has 11 heteroatoms. The Bertz CT molecular complexity index is 1240.